The maximum absolute atomic E-state index is 11.9. The van der Waals surface area contributed by atoms with E-state index < -0.39 is 0 Å². The Balaban J connectivity index is 1.84. The van der Waals surface area contributed by atoms with Crippen LogP contribution in [0.3, 0.4) is 0 Å². The first kappa shape index (κ1) is 16.5. The number of aliphatic hydroxyl groups excluding tert-OH is 1. The summed E-state index contributed by atoms with van der Waals surface area (Å²) in [6.45, 7) is 2.41. The highest BCUT2D eigenvalue weighted by Gasteiger charge is 2.05. The van der Waals surface area contributed by atoms with Gasteiger partial charge in [-0.1, -0.05) is 30.3 Å². The van der Waals surface area contributed by atoms with Gasteiger partial charge < -0.3 is 15.7 Å². The molecular formula is C18H19N3O2. The highest BCUT2D eigenvalue weighted by molar-refractivity contribution is 5.90. The Labute approximate surface area is 135 Å². The number of benzene rings is 2. The van der Waals surface area contributed by atoms with Crippen LogP contribution in [0.4, 0.5) is 10.5 Å². The largest absolute Gasteiger partial charge is 0.392 e. The Morgan fingerprint density at radius 3 is 2.52 bits per heavy atom. The molecule has 23 heavy (non-hydrogen) atoms. The summed E-state index contributed by atoms with van der Waals surface area (Å²) in [5.41, 5.74) is 4.00. The van der Waals surface area contributed by atoms with Gasteiger partial charge in [0, 0.05) is 12.2 Å². The predicted octanol–water partition coefficient (Wildman–Crippen LogP) is 2.72. The normalized spacial score (nSPS) is 9.96. The summed E-state index contributed by atoms with van der Waals surface area (Å²) in [5.74, 6) is 0. The lowest BCUT2D eigenvalue weighted by Crippen LogP contribution is -2.30. The molecule has 0 atom stereocenters. The van der Waals surface area contributed by atoms with Crippen molar-refractivity contribution in [1.82, 2.24) is 5.32 Å². The SMILES string of the molecule is Cc1ccc(C#N)cc1NC(=O)NCCc1ccc(CO)cc1. The van der Waals surface area contributed by atoms with Crippen LogP contribution in [0.5, 0.6) is 0 Å². The van der Waals surface area contributed by atoms with Crippen LogP contribution in [-0.4, -0.2) is 17.7 Å². The van der Waals surface area contributed by atoms with Crippen LogP contribution >= 0.6 is 0 Å². The van der Waals surface area contributed by atoms with Gasteiger partial charge in [0.25, 0.3) is 0 Å². The molecule has 0 fully saturated rings. The molecule has 0 heterocycles. The van der Waals surface area contributed by atoms with Crippen LogP contribution in [-0.2, 0) is 13.0 Å². The number of rotatable bonds is 5. The van der Waals surface area contributed by atoms with Crippen molar-refractivity contribution in [2.75, 3.05) is 11.9 Å². The van der Waals surface area contributed by atoms with Gasteiger partial charge in [-0.3, -0.25) is 0 Å². The number of aliphatic hydroxyl groups is 1. The van der Waals surface area contributed by atoms with Crippen LogP contribution in [0.2, 0.25) is 0 Å². The van der Waals surface area contributed by atoms with Crippen LogP contribution < -0.4 is 10.6 Å². The molecule has 0 aliphatic heterocycles. The molecule has 0 aliphatic carbocycles. The number of hydrogen-bond acceptors (Lipinski definition) is 3. The van der Waals surface area contributed by atoms with Crippen molar-refractivity contribution in [3.05, 3.63) is 64.7 Å². The number of aryl methyl sites for hydroxylation is 1. The first-order valence-electron chi connectivity index (χ1n) is 7.36. The Hall–Kier alpha value is -2.84. The summed E-state index contributed by atoms with van der Waals surface area (Å²) in [7, 11) is 0. The zero-order chi connectivity index (χ0) is 16.7. The summed E-state index contributed by atoms with van der Waals surface area (Å²) in [4.78, 5) is 11.9. The fourth-order valence-corrected chi connectivity index (χ4v) is 2.12. The molecular weight excluding hydrogens is 290 g/mol. The zero-order valence-electron chi connectivity index (χ0n) is 13.0. The molecule has 0 saturated carbocycles. The monoisotopic (exact) mass is 309 g/mol. The van der Waals surface area contributed by atoms with Gasteiger partial charge in [-0.2, -0.15) is 5.26 Å². The van der Waals surface area contributed by atoms with E-state index in [2.05, 4.69) is 16.7 Å². The topological polar surface area (TPSA) is 85.2 Å². The third kappa shape index (κ3) is 4.83. The van der Waals surface area contributed by atoms with Gasteiger partial charge in [-0.25, -0.2) is 4.79 Å². The van der Waals surface area contributed by atoms with Gasteiger partial charge in [-0.05, 0) is 42.2 Å². The standard InChI is InChI=1S/C18H19N3O2/c1-13-2-3-16(11-19)10-17(13)21-18(23)20-9-8-14-4-6-15(12-22)7-5-14/h2-7,10,22H,8-9,12H2,1H3,(H2,20,21,23). The Morgan fingerprint density at radius 2 is 1.87 bits per heavy atom. The molecule has 5 nitrogen and oxygen atoms in total. The minimum Gasteiger partial charge on any atom is -0.392 e. The highest BCUT2D eigenvalue weighted by Crippen LogP contribution is 2.16. The quantitative estimate of drug-likeness (QED) is 0.794. The van der Waals surface area contributed by atoms with Crippen LogP contribution in [0.1, 0.15) is 22.3 Å². The summed E-state index contributed by atoms with van der Waals surface area (Å²) in [6.07, 6.45) is 0.705. The van der Waals surface area contributed by atoms with Crippen molar-refractivity contribution in [2.24, 2.45) is 0 Å². The van der Waals surface area contributed by atoms with Gasteiger partial charge in [0.15, 0.2) is 0 Å². The number of amides is 2. The molecule has 0 aliphatic rings. The van der Waals surface area contributed by atoms with E-state index in [9.17, 15) is 4.79 Å². The summed E-state index contributed by atoms with van der Waals surface area (Å²) in [5, 5.41) is 23.4. The van der Waals surface area contributed by atoms with E-state index >= 15 is 0 Å². The van der Waals surface area contributed by atoms with Crippen molar-refractivity contribution in [3.63, 3.8) is 0 Å². The number of urea groups is 1. The molecule has 2 amide bonds. The van der Waals surface area contributed by atoms with E-state index in [0.717, 1.165) is 16.7 Å². The lowest BCUT2D eigenvalue weighted by Gasteiger charge is -2.10. The Morgan fingerprint density at radius 1 is 1.17 bits per heavy atom. The third-order valence-corrected chi connectivity index (χ3v) is 3.52. The minimum atomic E-state index is -0.296. The van der Waals surface area contributed by atoms with E-state index in [-0.39, 0.29) is 12.6 Å². The molecule has 5 heteroatoms. The molecule has 0 radical (unpaired) electrons. The molecule has 0 unspecified atom stereocenters. The lowest BCUT2D eigenvalue weighted by atomic mass is 10.1. The molecule has 0 saturated heterocycles. The fourth-order valence-electron chi connectivity index (χ4n) is 2.12. The van der Waals surface area contributed by atoms with E-state index in [1.807, 2.05) is 31.2 Å². The van der Waals surface area contributed by atoms with Gasteiger partial charge in [0.05, 0.1) is 18.2 Å². The Bertz CT molecular complexity index is 718. The van der Waals surface area contributed by atoms with E-state index in [1.165, 1.54) is 0 Å². The number of carbonyl (C=O) groups excluding carboxylic acids is 1. The molecule has 0 aromatic heterocycles. The molecule has 3 N–H and O–H groups in total. The first-order chi connectivity index (χ1) is 11.1. The van der Waals surface area contributed by atoms with Crippen LogP contribution in [0.15, 0.2) is 42.5 Å². The molecule has 0 bridgehead atoms. The number of anilines is 1. The van der Waals surface area contributed by atoms with Crippen molar-refractivity contribution in [2.45, 2.75) is 20.0 Å². The van der Waals surface area contributed by atoms with E-state index in [0.29, 0.717) is 24.2 Å². The highest BCUT2D eigenvalue weighted by atomic mass is 16.3. The number of nitrogens with one attached hydrogen (secondary N) is 2. The molecule has 0 spiro atoms. The zero-order valence-corrected chi connectivity index (χ0v) is 13.0. The number of hydrogen-bond donors (Lipinski definition) is 3. The van der Waals surface area contributed by atoms with Crippen LogP contribution in [0.25, 0.3) is 0 Å². The first-order valence-corrected chi connectivity index (χ1v) is 7.36. The maximum Gasteiger partial charge on any atom is 0.319 e. The van der Waals surface area contributed by atoms with E-state index in [1.54, 1.807) is 18.2 Å². The minimum absolute atomic E-state index is 0.0298. The molecule has 2 rings (SSSR count). The fraction of sp³-hybridized carbons (Fsp3) is 0.222. The van der Waals surface area contributed by atoms with Crippen molar-refractivity contribution >= 4 is 11.7 Å². The van der Waals surface area contributed by atoms with Gasteiger partial charge >= 0.3 is 6.03 Å². The van der Waals surface area contributed by atoms with Gasteiger partial charge in [0.1, 0.15) is 0 Å². The summed E-state index contributed by atoms with van der Waals surface area (Å²) in [6, 6.07) is 14.5. The maximum atomic E-state index is 11.9. The van der Waals surface area contributed by atoms with Crippen LogP contribution in [0, 0.1) is 18.3 Å². The third-order valence-electron chi connectivity index (χ3n) is 3.52. The average molecular weight is 309 g/mol. The second-order valence-corrected chi connectivity index (χ2v) is 5.25. The average Bonchev–Trinajstić information content (AvgIpc) is 2.57. The number of nitriles is 1. The van der Waals surface area contributed by atoms with Gasteiger partial charge in [0.2, 0.25) is 0 Å². The van der Waals surface area contributed by atoms with Crippen molar-refractivity contribution in [3.8, 4) is 6.07 Å². The van der Waals surface area contributed by atoms with Gasteiger partial charge in [-0.15, -0.1) is 0 Å². The smallest absolute Gasteiger partial charge is 0.319 e. The van der Waals surface area contributed by atoms with Crippen molar-refractivity contribution in [1.29, 1.82) is 5.26 Å². The second-order valence-electron chi connectivity index (χ2n) is 5.25. The molecule has 2 aromatic carbocycles. The number of nitrogens with zero attached hydrogens (tertiary/aromatic N) is 1. The number of carbonyl (C=O) groups is 1. The molecule has 118 valence electrons. The summed E-state index contributed by atoms with van der Waals surface area (Å²) < 4.78 is 0. The predicted molar refractivity (Wildman–Crippen MR) is 89.0 cm³/mol. The Kier molecular flexibility index (Phi) is 5.73. The van der Waals surface area contributed by atoms with Crippen molar-refractivity contribution < 1.29 is 9.90 Å². The lowest BCUT2D eigenvalue weighted by molar-refractivity contribution is 0.252. The molecule has 2 aromatic rings. The van der Waals surface area contributed by atoms with E-state index in [4.69, 9.17) is 10.4 Å². The second kappa shape index (κ2) is 7.97. The summed E-state index contributed by atoms with van der Waals surface area (Å²) >= 11 is 0.